The molecule has 0 aliphatic heterocycles. The molecule has 5 fully saturated rings. The second-order valence-electron chi connectivity index (χ2n) is 24.4. The number of rotatable bonds is 7. The quantitative estimate of drug-likeness (QED) is 0.223. The normalized spacial score (nSPS) is 50.8. The summed E-state index contributed by atoms with van der Waals surface area (Å²) in [5, 5.41) is 0. The first-order valence-corrected chi connectivity index (χ1v) is 36.7. The summed E-state index contributed by atoms with van der Waals surface area (Å²) in [5.74, 6) is 12.9. The molecule has 5 saturated carbocycles. The standard InChI is InChI=1S/C50H92.3HI.V/c1-23-24-47(20,44(14,15)28(2)3)43-38(13)49(22)45(16,17)40(48(43,21)46(49,18)19)25-39-27-50(26-29(4)30(5)33(8)36(50)11)37(12)41-34(9)31(6)32(7)35(10)42(39)41;;;;/h28-43H,23-27H2,1-22H3;3*1H;/q;;;;+3/p-3. The van der Waals surface area contributed by atoms with Crippen molar-refractivity contribution in [1.82, 2.24) is 0 Å². The van der Waals surface area contributed by atoms with Crippen LogP contribution in [0, 0.1) is 133 Å². The van der Waals surface area contributed by atoms with Crippen LogP contribution in [0.3, 0.4) is 0 Å². The van der Waals surface area contributed by atoms with E-state index in [9.17, 15) is 0 Å². The van der Waals surface area contributed by atoms with Crippen molar-refractivity contribution >= 4 is 59.9 Å². The summed E-state index contributed by atoms with van der Waals surface area (Å²) in [6.45, 7) is 59.4. The van der Waals surface area contributed by atoms with Crippen molar-refractivity contribution in [2.45, 2.75) is 184 Å². The van der Waals surface area contributed by atoms with Crippen molar-refractivity contribution in [3.05, 3.63) is 0 Å². The van der Waals surface area contributed by atoms with Crippen LogP contribution in [0.5, 0.6) is 0 Å². The van der Waals surface area contributed by atoms with Gasteiger partial charge >= 0.3 is 64.9 Å². The second kappa shape index (κ2) is 16.5. The molecule has 0 aromatic rings. The number of hydrogen-bond acceptors (Lipinski definition) is 0. The van der Waals surface area contributed by atoms with Gasteiger partial charge in [-0.15, -0.1) is 0 Å². The Hall–Kier alpha value is 2.77. The van der Waals surface area contributed by atoms with Gasteiger partial charge in [0.05, 0.1) is 0 Å². The van der Waals surface area contributed by atoms with Gasteiger partial charge in [0.2, 0.25) is 0 Å². The van der Waals surface area contributed by atoms with Crippen LogP contribution in [-0.4, -0.2) is 0 Å². The molecule has 19 unspecified atom stereocenters. The molecule has 0 radical (unpaired) electrons. The van der Waals surface area contributed by atoms with Gasteiger partial charge in [0.1, 0.15) is 0 Å². The molecule has 0 aromatic heterocycles. The van der Waals surface area contributed by atoms with Crippen LogP contribution in [0.25, 0.3) is 0 Å². The Morgan fingerprint density at radius 1 is 0.648 bits per heavy atom. The molecule has 19 atom stereocenters. The molecule has 5 aliphatic rings. The Balaban J connectivity index is 0.00000155. The van der Waals surface area contributed by atoms with Crippen LogP contribution in [0.1, 0.15) is 184 Å². The molecule has 0 nitrogen and oxygen atoms in total. The summed E-state index contributed by atoms with van der Waals surface area (Å²) in [7, 11) is 0. The fourth-order valence-electron chi connectivity index (χ4n) is 18.3. The first-order valence-electron chi connectivity index (χ1n) is 23.1. The zero-order valence-corrected chi connectivity index (χ0v) is 47.7. The molecule has 2 bridgehead atoms. The average Bonchev–Trinajstić information content (AvgIpc) is 3.23. The minimum absolute atomic E-state index is 0.278. The summed E-state index contributed by atoms with van der Waals surface area (Å²) < 4.78 is 0. The molecule has 5 rings (SSSR count). The monoisotopic (exact) mass is 1120 g/mol. The van der Waals surface area contributed by atoms with E-state index in [1.807, 2.05) is 0 Å². The fraction of sp³-hybridized carbons (Fsp3) is 1.00. The third-order valence-electron chi connectivity index (χ3n) is 23.5. The molecule has 0 N–H and O–H groups in total. The molecule has 5 aliphatic carbocycles. The van der Waals surface area contributed by atoms with Crippen LogP contribution >= 0.6 is 59.9 Å². The van der Waals surface area contributed by atoms with E-state index < -0.39 is 0 Å². The Morgan fingerprint density at radius 2 is 1.13 bits per heavy atom. The SMILES string of the molecule is CCCC(C)(C1C(C)C2(C)C(C)(C)C(CC3CC4(CC(C)C(C)C(C)C4C)C(C)C4C(C)C(C)C(C)C(C)C34)C1(C)C2(C)C)C(C)(C)C(C)C.[I][V]([I])[I]. The topological polar surface area (TPSA) is 0 Å². The Kier molecular flexibility index (Phi) is 15.1. The molecule has 1 spiro atoms. The first-order chi connectivity index (χ1) is 24.4. The molecule has 4 heteroatoms. The van der Waals surface area contributed by atoms with Crippen molar-refractivity contribution < 1.29 is 4.92 Å². The summed E-state index contributed by atoms with van der Waals surface area (Å²) in [6, 6.07) is 0. The van der Waals surface area contributed by atoms with Crippen LogP contribution in [0.4, 0.5) is 0 Å². The van der Waals surface area contributed by atoms with Crippen molar-refractivity contribution in [3.63, 3.8) is 0 Å². The van der Waals surface area contributed by atoms with Crippen LogP contribution in [0.2, 0.25) is 0 Å². The van der Waals surface area contributed by atoms with Gasteiger partial charge in [-0.1, -0.05) is 159 Å². The maximum atomic E-state index is 2.90. The van der Waals surface area contributed by atoms with Gasteiger partial charge in [-0.3, -0.25) is 0 Å². The van der Waals surface area contributed by atoms with E-state index in [0.29, 0.717) is 38.9 Å². The summed E-state index contributed by atoms with van der Waals surface area (Å²) >= 11 is 7.39. The molecular weight excluding hydrogens is 1030 g/mol. The van der Waals surface area contributed by atoms with Gasteiger partial charge in [0, 0.05) is 0 Å². The second-order valence-corrected chi connectivity index (χ2v) is 59.8. The van der Waals surface area contributed by atoms with Gasteiger partial charge < -0.3 is 0 Å². The Bertz CT molecular complexity index is 1300. The Labute approximate surface area is 377 Å². The minimum atomic E-state index is -0.278. The number of hydrogen-bond donors (Lipinski definition) is 0. The van der Waals surface area contributed by atoms with Crippen molar-refractivity contribution in [2.75, 3.05) is 0 Å². The van der Waals surface area contributed by atoms with Crippen LogP contribution in [0.15, 0.2) is 0 Å². The van der Waals surface area contributed by atoms with Gasteiger partial charge in [-0.2, -0.15) is 0 Å². The van der Waals surface area contributed by atoms with E-state index in [2.05, 4.69) is 212 Å². The third kappa shape index (κ3) is 6.79. The molecule has 0 amide bonds. The average molecular weight is 1120 g/mol. The fourth-order valence-corrected chi connectivity index (χ4v) is 18.3. The third-order valence-corrected chi connectivity index (χ3v) is 23.5. The first kappa shape index (κ1) is 49.4. The van der Waals surface area contributed by atoms with Crippen LogP contribution < -0.4 is 0 Å². The van der Waals surface area contributed by atoms with Crippen molar-refractivity contribution in [3.8, 4) is 0 Å². The molecule has 54 heavy (non-hydrogen) atoms. The molecule has 0 saturated heterocycles. The zero-order valence-electron chi connectivity index (χ0n) is 39.9. The van der Waals surface area contributed by atoms with E-state index in [-0.39, 0.29) is 15.8 Å². The Morgan fingerprint density at radius 3 is 1.57 bits per heavy atom. The van der Waals surface area contributed by atoms with E-state index in [0.717, 1.165) is 82.9 Å². The van der Waals surface area contributed by atoms with E-state index in [1.165, 1.54) is 32.1 Å². The van der Waals surface area contributed by atoms with E-state index >= 15 is 0 Å². The summed E-state index contributed by atoms with van der Waals surface area (Å²) in [4.78, 5) is -0.278. The van der Waals surface area contributed by atoms with Crippen molar-refractivity contribution in [1.29, 1.82) is 0 Å². The van der Waals surface area contributed by atoms with Crippen LogP contribution in [-0.2, 0) is 4.92 Å². The molecule has 318 valence electrons. The van der Waals surface area contributed by atoms with E-state index in [4.69, 9.17) is 0 Å². The number of halogens is 3. The van der Waals surface area contributed by atoms with E-state index in [1.54, 1.807) is 0 Å². The molecular formula is C50H92I3V. The predicted octanol–water partition coefficient (Wildman–Crippen LogP) is 17.9. The summed E-state index contributed by atoms with van der Waals surface area (Å²) in [6.07, 6.45) is 7.08. The summed E-state index contributed by atoms with van der Waals surface area (Å²) in [5.41, 5.74) is 2.24. The van der Waals surface area contributed by atoms with Crippen molar-refractivity contribution in [2.24, 2.45) is 133 Å². The maximum absolute atomic E-state index is 2.90. The molecule has 0 aromatic carbocycles. The van der Waals surface area contributed by atoms with Gasteiger partial charge in [0.15, 0.2) is 0 Å². The zero-order chi connectivity index (χ0) is 41.9. The van der Waals surface area contributed by atoms with Gasteiger partial charge in [-0.05, 0) is 158 Å². The number of fused-ring (bicyclic) bond motifs is 3. The predicted molar refractivity (Wildman–Crippen MR) is 263 cm³/mol. The molecule has 0 heterocycles. The van der Waals surface area contributed by atoms with Gasteiger partial charge in [-0.25, -0.2) is 0 Å². The van der Waals surface area contributed by atoms with Gasteiger partial charge in [0.25, 0.3) is 0 Å².